The molecule has 0 rings (SSSR count). The largest absolute Gasteiger partial charge is 0.400 e. The van der Waals surface area contributed by atoms with Gasteiger partial charge in [0.1, 0.15) is 0 Å². The van der Waals surface area contributed by atoms with Crippen LogP contribution in [0.25, 0.3) is 0 Å². The van der Waals surface area contributed by atoms with Gasteiger partial charge in [0.25, 0.3) is 0 Å². The molecule has 15 heavy (non-hydrogen) atoms. The number of hydrogen-bond donors (Lipinski definition) is 1. The van der Waals surface area contributed by atoms with E-state index in [1.807, 2.05) is 69.2 Å². The third-order valence-corrected chi connectivity index (χ3v) is 0. The van der Waals surface area contributed by atoms with E-state index in [9.17, 15) is 0 Å². The van der Waals surface area contributed by atoms with Crippen molar-refractivity contribution in [2.75, 3.05) is 7.11 Å². The zero-order valence-corrected chi connectivity index (χ0v) is 12.0. The van der Waals surface area contributed by atoms with Crippen molar-refractivity contribution < 1.29 is 6.53 Å². The van der Waals surface area contributed by atoms with Crippen LogP contribution in [-0.4, -0.2) is 20.6 Å². The molecule has 0 aromatic heterocycles. The molecule has 1 N–H and O–H groups in total. The van der Waals surface area contributed by atoms with E-state index in [2.05, 4.69) is 0 Å². The summed E-state index contributed by atoms with van der Waals surface area (Å²) in [4.78, 5) is 0. The minimum Gasteiger partial charge on any atom is -0.400 e. The molecule has 0 fully saturated rings. The van der Waals surface area contributed by atoms with Gasteiger partial charge in [-0.1, -0.05) is 84.1 Å². The van der Waals surface area contributed by atoms with Crippen molar-refractivity contribution in [1.82, 2.24) is 0 Å². The first-order chi connectivity index (χ1) is 6.00. The van der Waals surface area contributed by atoms with Gasteiger partial charge in [-0.2, -0.15) is 0 Å². The zero-order chi connectivity index (χ0) is 12.0. The van der Waals surface area contributed by atoms with E-state index in [-0.39, 0.29) is 24.7 Å². The number of aliphatic hydroxyl groups is 1. The lowest BCUT2D eigenvalue weighted by Crippen LogP contribution is -1.25. The fraction of sp³-hybridized carbons (Fsp3) is 1.00. The van der Waals surface area contributed by atoms with Gasteiger partial charge in [0.15, 0.2) is 0 Å². The van der Waals surface area contributed by atoms with Crippen LogP contribution in [0.5, 0.6) is 0 Å². The Bertz CT molecular complexity index is 15.9. The maximum atomic E-state index is 7.00. The Morgan fingerprint density at radius 2 is 0.467 bits per heavy atom. The van der Waals surface area contributed by atoms with Crippen molar-refractivity contribution in [2.45, 2.75) is 84.1 Å². The Hall–Kier alpha value is 0.0249. The van der Waals surface area contributed by atoms with Crippen LogP contribution < -0.4 is 0 Å². The molecule has 105 valence electrons. The predicted molar refractivity (Wildman–Crippen MR) is 86.2 cm³/mol. The van der Waals surface area contributed by atoms with E-state index in [0.29, 0.717) is 0 Å². The smallest absolute Gasteiger partial charge is 0.0319 e. The summed E-state index contributed by atoms with van der Waals surface area (Å²) in [5.41, 5.74) is 0. The molecule has 0 aliphatic carbocycles. The number of rotatable bonds is 0. The monoisotopic (exact) mass is 228 g/mol. The predicted octanol–water partition coefficient (Wildman–Crippen LogP) is 5.88. The second kappa shape index (κ2) is 3830000. The average Bonchev–Trinajstić information content (AvgIpc) is 2.33. The SMILES string of the molecule is C.C.CC.CC.CC.CC.CC.CO.[2HH].[B]. The molecule has 1 nitrogen and oxygen atoms in total. The van der Waals surface area contributed by atoms with E-state index in [0.717, 1.165) is 7.11 Å². The van der Waals surface area contributed by atoms with Crippen molar-refractivity contribution in [3.8, 4) is 0 Å². The van der Waals surface area contributed by atoms with Crippen molar-refractivity contribution in [3.05, 3.63) is 0 Å². The van der Waals surface area contributed by atoms with Crippen LogP contribution in [0.2, 0.25) is 0 Å². The Balaban J connectivity index is -0.00000000321. The molecule has 0 aromatic carbocycles. The van der Waals surface area contributed by atoms with Gasteiger partial charge in [-0.05, 0) is 0 Å². The summed E-state index contributed by atoms with van der Waals surface area (Å²) in [6.45, 7) is 20.0. The van der Waals surface area contributed by atoms with Crippen LogP contribution in [-0.2, 0) is 0 Å². The molecule has 0 atom stereocenters. The highest BCUT2D eigenvalue weighted by Crippen LogP contribution is 1.15. The molecule has 0 saturated heterocycles. The van der Waals surface area contributed by atoms with E-state index in [4.69, 9.17) is 5.11 Å². The van der Waals surface area contributed by atoms with Gasteiger partial charge < -0.3 is 5.11 Å². The summed E-state index contributed by atoms with van der Waals surface area (Å²) in [5, 5.41) is 7.00. The molecule has 2 heteroatoms. The zero-order valence-electron chi connectivity index (χ0n) is 12.0. The summed E-state index contributed by atoms with van der Waals surface area (Å²) in [5.74, 6) is 0. The molecule has 0 aliphatic heterocycles. The van der Waals surface area contributed by atoms with E-state index < -0.39 is 0 Å². The fourth-order valence-corrected chi connectivity index (χ4v) is 0. The maximum Gasteiger partial charge on any atom is 0.0319 e. The molecule has 0 saturated carbocycles. The number of aliphatic hydroxyl groups excluding tert-OH is 1. The lowest BCUT2D eigenvalue weighted by molar-refractivity contribution is 0.399. The molecule has 0 unspecified atom stereocenters. The second-order valence-electron chi connectivity index (χ2n) is 0. The Morgan fingerprint density at radius 1 is 0.467 bits per heavy atom. The summed E-state index contributed by atoms with van der Waals surface area (Å²) in [7, 11) is 1.00. The highest BCUT2D eigenvalue weighted by atomic mass is 16.2. The van der Waals surface area contributed by atoms with Gasteiger partial charge in [-0.25, -0.2) is 0 Å². The fourth-order valence-electron chi connectivity index (χ4n) is 0. The van der Waals surface area contributed by atoms with Gasteiger partial charge in [0, 0.05) is 16.9 Å². The van der Waals surface area contributed by atoms with E-state index in [1.54, 1.807) is 0 Å². The first-order valence-corrected chi connectivity index (χ1v) is 5.45. The van der Waals surface area contributed by atoms with Crippen LogP contribution in [0.3, 0.4) is 0 Å². The second-order valence-corrected chi connectivity index (χ2v) is 0. The van der Waals surface area contributed by atoms with Gasteiger partial charge in [0.05, 0.1) is 0 Å². The molecule has 0 spiro atoms. The maximum absolute atomic E-state index is 7.00. The highest BCUT2D eigenvalue weighted by molar-refractivity contribution is 5.75. The van der Waals surface area contributed by atoms with Gasteiger partial charge >= 0.3 is 0 Å². The van der Waals surface area contributed by atoms with Crippen molar-refractivity contribution in [3.63, 3.8) is 0 Å². The van der Waals surface area contributed by atoms with Crippen LogP contribution in [0.15, 0.2) is 0 Å². The Kier molecular flexibility index (Phi) is 20800000. The Labute approximate surface area is 107 Å². The van der Waals surface area contributed by atoms with Crippen LogP contribution in [0.4, 0.5) is 0 Å². The first kappa shape index (κ1) is 81.4. The molecular formula is C13H44BO. The van der Waals surface area contributed by atoms with Crippen molar-refractivity contribution in [2.24, 2.45) is 0 Å². The van der Waals surface area contributed by atoms with Crippen molar-refractivity contribution >= 4 is 8.41 Å². The quantitative estimate of drug-likeness (QED) is 0.513. The van der Waals surface area contributed by atoms with Crippen LogP contribution in [0, 0.1) is 0 Å². The highest BCUT2D eigenvalue weighted by Gasteiger charge is 0.940. The molecule has 0 bridgehead atoms. The third kappa shape index (κ3) is 3260000. The molecule has 0 aromatic rings. The summed E-state index contributed by atoms with van der Waals surface area (Å²) in [6.07, 6.45) is 0. The normalized spacial score (nSPS) is 2.40. The summed E-state index contributed by atoms with van der Waals surface area (Å²) < 4.78 is 0. The molecule has 3 radical (unpaired) electrons. The molecular weight excluding hydrogens is 183 g/mol. The third-order valence-electron chi connectivity index (χ3n) is 0. The average molecular weight is 228 g/mol. The lowest BCUT2D eigenvalue weighted by atomic mass is 10.8. The minimum absolute atomic E-state index is 0. The van der Waals surface area contributed by atoms with E-state index >= 15 is 0 Å². The topological polar surface area (TPSA) is 20.2 Å². The van der Waals surface area contributed by atoms with E-state index in [1.165, 1.54) is 0 Å². The van der Waals surface area contributed by atoms with Gasteiger partial charge in [-0.15, -0.1) is 0 Å². The number of hydrogen-bond acceptors (Lipinski definition) is 1. The van der Waals surface area contributed by atoms with Gasteiger partial charge in [-0.3, -0.25) is 0 Å². The summed E-state index contributed by atoms with van der Waals surface area (Å²) >= 11 is 0. The summed E-state index contributed by atoms with van der Waals surface area (Å²) in [6, 6.07) is 0. The minimum atomic E-state index is 0. The van der Waals surface area contributed by atoms with Gasteiger partial charge in [0.2, 0.25) is 0 Å². The first-order valence-electron chi connectivity index (χ1n) is 5.45. The standard InChI is InChI=1S/5C2H6.CH4O.2CH4.B.H2/c6*1-2;;;;/h5*1-2H3;2H,1H3;2*1H4;;1H/i;;;;;;;;;1+1. The Morgan fingerprint density at radius 3 is 0.467 bits per heavy atom. The van der Waals surface area contributed by atoms with Crippen LogP contribution in [0.1, 0.15) is 85.5 Å². The lowest BCUT2D eigenvalue weighted by Gasteiger charge is -1.21. The van der Waals surface area contributed by atoms with Crippen molar-refractivity contribution in [1.29, 1.82) is 0 Å². The molecule has 0 amide bonds. The molecule has 0 aliphatic rings. The molecule has 0 heterocycles. The van der Waals surface area contributed by atoms with Crippen LogP contribution >= 0.6 is 0 Å².